The van der Waals surface area contributed by atoms with Crippen LogP contribution in [0.5, 0.6) is 0 Å². The van der Waals surface area contributed by atoms with Gasteiger partial charge >= 0.3 is 23.9 Å². The minimum Gasteiger partial charge on any atom is -0.481 e. The van der Waals surface area contributed by atoms with Crippen molar-refractivity contribution in [1.29, 1.82) is 0 Å². The van der Waals surface area contributed by atoms with Gasteiger partial charge in [0.2, 0.25) is 0 Å². The Labute approximate surface area is 566 Å². The van der Waals surface area contributed by atoms with Crippen molar-refractivity contribution in [1.82, 2.24) is 0 Å². The Morgan fingerprint density at radius 3 is 0.681 bits per heavy atom. The van der Waals surface area contributed by atoms with E-state index in [9.17, 15) is 19.2 Å². The van der Waals surface area contributed by atoms with Gasteiger partial charge in [-0.3, -0.25) is 19.2 Å². The third-order valence-corrected chi connectivity index (χ3v) is 17.3. The predicted octanol–water partition coefficient (Wildman–Crippen LogP) is 24.5. The summed E-state index contributed by atoms with van der Waals surface area (Å²) in [6.45, 7) is 12.5. The fraction of sp³-hybridized carbons (Fsp3) is 0.950. The highest BCUT2D eigenvalue weighted by Crippen LogP contribution is 2.19. The van der Waals surface area contributed by atoms with Gasteiger partial charge < -0.3 is 34.6 Å². The van der Waals surface area contributed by atoms with E-state index in [4.69, 9.17) is 34.6 Å². The Bertz CT molecular complexity index is 1380. The maximum atomic E-state index is 11.4. The molecule has 4 N–H and O–H groups in total. The van der Waals surface area contributed by atoms with E-state index in [1.807, 2.05) is 13.8 Å². The molecular weight excluding hydrogens is 1140 g/mol. The summed E-state index contributed by atoms with van der Waals surface area (Å²) in [4.78, 5) is 44.3. The van der Waals surface area contributed by atoms with E-state index in [1.165, 1.54) is 340 Å². The predicted molar refractivity (Wildman–Crippen MR) is 389 cm³/mol. The molecule has 0 heterocycles. The first-order chi connectivity index (χ1) is 44.4. The molecule has 0 spiro atoms. The van der Waals surface area contributed by atoms with Gasteiger partial charge in [0, 0.05) is 25.7 Å². The summed E-state index contributed by atoms with van der Waals surface area (Å²) in [6.07, 6.45) is 80.6. The third kappa shape index (κ3) is 99.0. The fourth-order valence-electron chi connectivity index (χ4n) is 11.4. The van der Waals surface area contributed by atoms with E-state index in [2.05, 4.69) is 27.7 Å². The zero-order chi connectivity index (χ0) is 67.7. The zero-order valence-electron chi connectivity index (χ0n) is 61.9. The summed E-state index contributed by atoms with van der Waals surface area (Å²) in [5.74, 6) is -1.13. The van der Waals surface area contributed by atoms with Crippen molar-refractivity contribution in [3.05, 3.63) is 0 Å². The van der Waals surface area contributed by atoms with Crippen LogP contribution >= 0.6 is 0 Å². The Balaban J connectivity index is -0.000000556. The molecule has 1 atom stereocenters. The Morgan fingerprint density at radius 1 is 0.286 bits per heavy atom. The molecule has 0 bridgehead atoms. The largest absolute Gasteiger partial charge is 0.481 e. The van der Waals surface area contributed by atoms with Crippen molar-refractivity contribution in [3.63, 3.8) is 0 Å². The lowest BCUT2D eigenvalue weighted by molar-refractivity contribution is -0.148. The van der Waals surface area contributed by atoms with Gasteiger partial charge in [0.25, 0.3) is 0 Å². The maximum absolute atomic E-state index is 11.4. The highest BCUT2D eigenvalue weighted by molar-refractivity contribution is 5.70. The normalized spacial score (nSPS) is 11.3. The van der Waals surface area contributed by atoms with E-state index in [1.54, 1.807) is 0 Å². The molecule has 0 aromatic carbocycles. The van der Waals surface area contributed by atoms with Crippen LogP contribution in [0.4, 0.5) is 0 Å². The standard InChI is InChI=1S/C21H42O4.C21H42O2.C20H40O3.C18H36O2/c1-2-3-4-5-6-7-8-9-10-11-12-13-14-15-16-17-21(24)25-19-20(23)18-22;1-4-5-6-7-8-9-10-11-12-13-14-15-16-17-18-19-21(22)23-20(2)3;1-2-3-4-5-6-7-8-9-10-11-12-13-14-15-16-17-20(22)23-19-18-21;1-2-3-4-5-6-7-8-9-10-11-12-13-14-15-16-17-18(19)20/h20,22-23H,2-19H2,1H3;20H,4-19H2,1-3H3;21H,2-19H2,1H3;2-17H2,1H3,(H,19,20). The number of rotatable bonds is 70. The summed E-state index contributed by atoms with van der Waals surface area (Å²) in [6, 6.07) is 0. The number of ether oxygens (including phenoxy) is 3. The smallest absolute Gasteiger partial charge is 0.306 e. The molecule has 0 aromatic heterocycles. The maximum Gasteiger partial charge on any atom is 0.306 e. The molecule has 0 amide bonds. The number of esters is 3. The van der Waals surface area contributed by atoms with Gasteiger partial charge in [0.15, 0.2) is 0 Å². The number of carbonyl (C=O) groups is 4. The van der Waals surface area contributed by atoms with Gasteiger partial charge in [0.1, 0.15) is 19.3 Å². The number of carbonyl (C=O) groups excluding carboxylic acids is 3. The summed E-state index contributed by atoms with van der Waals surface area (Å²) < 4.78 is 14.8. The molecule has 0 aliphatic heterocycles. The van der Waals surface area contributed by atoms with Crippen LogP contribution in [0.2, 0.25) is 0 Å². The van der Waals surface area contributed by atoms with Crippen LogP contribution < -0.4 is 0 Å². The molecule has 0 rings (SSSR count). The summed E-state index contributed by atoms with van der Waals surface area (Å²) in [7, 11) is 0. The molecule has 11 nitrogen and oxygen atoms in total. The molecular formula is C80H160O11. The van der Waals surface area contributed by atoms with E-state index >= 15 is 0 Å². The number of hydrogen-bond acceptors (Lipinski definition) is 10. The average Bonchev–Trinajstić information content (AvgIpc) is 3.57. The van der Waals surface area contributed by atoms with Crippen LogP contribution in [0, 0.1) is 0 Å². The van der Waals surface area contributed by atoms with Crippen LogP contribution in [0.3, 0.4) is 0 Å². The van der Waals surface area contributed by atoms with Gasteiger partial charge in [0.05, 0.1) is 19.3 Å². The highest BCUT2D eigenvalue weighted by Gasteiger charge is 2.09. The van der Waals surface area contributed by atoms with Gasteiger partial charge in [-0.2, -0.15) is 0 Å². The van der Waals surface area contributed by atoms with Crippen LogP contribution in [0.15, 0.2) is 0 Å². The van der Waals surface area contributed by atoms with Gasteiger partial charge in [-0.05, 0) is 39.5 Å². The number of hydrogen-bond donors (Lipinski definition) is 4. The molecule has 546 valence electrons. The molecule has 91 heavy (non-hydrogen) atoms. The molecule has 11 heteroatoms. The Morgan fingerprint density at radius 2 is 0.484 bits per heavy atom. The molecule has 0 aromatic rings. The lowest BCUT2D eigenvalue weighted by Crippen LogP contribution is -2.21. The second kappa shape index (κ2) is 87.8. The average molecular weight is 1300 g/mol. The van der Waals surface area contributed by atoms with E-state index in [0.29, 0.717) is 25.7 Å². The van der Waals surface area contributed by atoms with Gasteiger partial charge in [-0.25, -0.2) is 0 Å². The van der Waals surface area contributed by atoms with E-state index in [-0.39, 0.29) is 50.4 Å². The van der Waals surface area contributed by atoms with Crippen molar-refractivity contribution in [2.24, 2.45) is 0 Å². The Hall–Kier alpha value is -2.24. The Kier molecular flexibility index (Phi) is 91.8. The minimum absolute atomic E-state index is 0.0267. The summed E-state index contributed by atoms with van der Waals surface area (Å²) in [5, 5.41) is 34.8. The van der Waals surface area contributed by atoms with Crippen molar-refractivity contribution in [2.45, 2.75) is 465 Å². The number of aliphatic carboxylic acids is 1. The van der Waals surface area contributed by atoms with Crippen LogP contribution in [0.25, 0.3) is 0 Å². The quantitative estimate of drug-likeness (QED) is 0.0259. The molecule has 0 aliphatic rings. The van der Waals surface area contributed by atoms with Crippen molar-refractivity contribution < 1.29 is 53.8 Å². The monoisotopic (exact) mass is 1300 g/mol. The number of carboxylic acid groups (broad SMARTS) is 1. The van der Waals surface area contributed by atoms with Crippen molar-refractivity contribution in [3.8, 4) is 0 Å². The molecule has 0 radical (unpaired) electrons. The summed E-state index contributed by atoms with van der Waals surface area (Å²) in [5.41, 5.74) is 0. The first kappa shape index (κ1) is 95.2. The summed E-state index contributed by atoms with van der Waals surface area (Å²) >= 11 is 0. The zero-order valence-corrected chi connectivity index (χ0v) is 61.9. The van der Waals surface area contributed by atoms with Gasteiger partial charge in [-0.15, -0.1) is 0 Å². The van der Waals surface area contributed by atoms with E-state index in [0.717, 1.165) is 44.9 Å². The van der Waals surface area contributed by atoms with Gasteiger partial charge in [-0.1, -0.05) is 387 Å². The number of unbranched alkanes of at least 4 members (excludes halogenated alkanes) is 56. The van der Waals surface area contributed by atoms with Crippen molar-refractivity contribution >= 4 is 23.9 Å². The second-order valence-electron chi connectivity index (χ2n) is 27.2. The van der Waals surface area contributed by atoms with Crippen LogP contribution in [0.1, 0.15) is 452 Å². The first-order valence-corrected chi connectivity index (χ1v) is 40.1. The van der Waals surface area contributed by atoms with Crippen molar-refractivity contribution in [2.75, 3.05) is 26.4 Å². The molecule has 0 aliphatic carbocycles. The van der Waals surface area contributed by atoms with Crippen LogP contribution in [-0.2, 0) is 33.4 Å². The third-order valence-electron chi connectivity index (χ3n) is 17.3. The second-order valence-corrected chi connectivity index (χ2v) is 27.2. The fourth-order valence-corrected chi connectivity index (χ4v) is 11.4. The molecule has 0 saturated heterocycles. The lowest BCUT2D eigenvalue weighted by Gasteiger charge is -2.08. The SMILES string of the molecule is CCCCCCCCCCCCCCCCCC(=O)O.CCCCCCCCCCCCCCCCCC(=O)OC(C)C.CCCCCCCCCCCCCCCCCC(=O)OCC(O)CO.CCCCCCCCCCCCCCCCCC(=O)OCCO. The minimum atomic E-state index is -0.954. The van der Waals surface area contributed by atoms with E-state index < -0.39 is 12.1 Å². The lowest BCUT2D eigenvalue weighted by atomic mass is 10.0. The number of carboxylic acids is 1. The number of aliphatic hydroxyl groups excluding tert-OH is 3. The molecule has 1 unspecified atom stereocenters. The van der Waals surface area contributed by atoms with Crippen LogP contribution in [-0.4, -0.2) is 82.9 Å². The first-order valence-electron chi connectivity index (χ1n) is 40.1. The number of aliphatic hydroxyl groups is 3. The molecule has 0 fully saturated rings. The molecule has 0 saturated carbocycles. The topological polar surface area (TPSA) is 177 Å². The highest BCUT2D eigenvalue weighted by atomic mass is 16.5.